The fraction of sp³-hybridized carbons (Fsp3) is 0.643. The molecule has 0 atom stereocenters. The van der Waals surface area contributed by atoms with Crippen LogP contribution in [0.3, 0.4) is 0 Å². The first kappa shape index (κ1) is 11.3. The molecule has 1 saturated carbocycles. The highest BCUT2D eigenvalue weighted by atomic mass is 32.1. The highest BCUT2D eigenvalue weighted by Crippen LogP contribution is 2.47. The summed E-state index contributed by atoms with van der Waals surface area (Å²) in [4.78, 5) is 3.09. The monoisotopic (exact) mass is 246 g/mol. The number of thiophene rings is 1. The molecule has 0 amide bonds. The Balaban J connectivity index is 1.50. The molecule has 1 aromatic rings. The second kappa shape index (κ2) is 4.44. The third-order valence-electron chi connectivity index (χ3n) is 4.01. The molecule has 3 heteroatoms. The van der Waals surface area contributed by atoms with Crippen LogP contribution in [-0.4, -0.2) is 6.54 Å². The first-order chi connectivity index (χ1) is 8.31. The standard InChI is InChI=1S/C14H18N2S/c15-7-6-14(4-5-14)10-16-9-12-8-11-2-1-3-13(11)17-12/h8,16H,1-6,9-10H2. The summed E-state index contributed by atoms with van der Waals surface area (Å²) in [6.45, 7) is 2.01. The second-order valence-electron chi connectivity index (χ2n) is 5.45. The Morgan fingerprint density at radius 1 is 1.41 bits per heavy atom. The third-order valence-corrected chi connectivity index (χ3v) is 5.25. The summed E-state index contributed by atoms with van der Waals surface area (Å²) >= 11 is 1.98. The molecule has 2 aliphatic rings. The Morgan fingerprint density at radius 2 is 2.29 bits per heavy atom. The molecule has 0 aromatic carbocycles. The Bertz CT molecular complexity index is 430. The van der Waals surface area contributed by atoms with Crippen molar-refractivity contribution in [3.05, 3.63) is 21.4 Å². The predicted octanol–water partition coefficient (Wildman–Crippen LogP) is 3.02. The van der Waals surface area contributed by atoms with Gasteiger partial charge in [0.1, 0.15) is 0 Å². The summed E-state index contributed by atoms with van der Waals surface area (Å²) in [5, 5.41) is 12.3. The molecule has 1 fully saturated rings. The summed E-state index contributed by atoms with van der Waals surface area (Å²) in [7, 11) is 0. The van der Waals surface area contributed by atoms with Crippen molar-refractivity contribution in [2.45, 2.75) is 45.1 Å². The fourth-order valence-corrected chi connectivity index (χ4v) is 3.92. The van der Waals surface area contributed by atoms with Crippen molar-refractivity contribution >= 4 is 11.3 Å². The topological polar surface area (TPSA) is 35.8 Å². The van der Waals surface area contributed by atoms with E-state index in [1.165, 1.54) is 37.0 Å². The lowest BCUT2D eigenvalue weighted by Crippen LogP contribution is -2.22. The maximum absolute atomic E-state index is 8.76. The maximum Gasteiger partial charge on any atom is 0.0628 e. The van der Waals surface area contributed by atoms with Gasteiger partial charge in [-0.2, -0.15) is 5.26 Å². The second-order valence-corrected chi connectivity index (χ2v) is 6.67. The lowest BCUT2D eigenvalue weighted by Gasteiger charge is -2.11. The number of nitrogens with one attached hydrogen (secondary N) is 1. The van der Waals surface area contributed by atoms with E-state index in [0.717, 1.165) is 19.5 Å². The van der Waals surface area contributed by atoms with Crippen LogP contribution in [0.15, 0.2) is 6.07 Å². The lowest BCUT2D eigenvalue weighted by molar-refractivity contribution is 0.468. The van der Waals surface area contributed by atoms with Crippen LogP contribution < -0.4 is 5.32 Å². The van der Waals surface area contributed by atoms with E-state index in [2.05, 4.69) is 17.5 Å². The van der Waals surface area contributed by atoms with Crippen LogP contribution in [0.1, 0.15) is 41.0 Å². The van der Waals surface area contributed by atoms with Gasteiger partial charge in [-0.1, -0.05) is 0 Å². The van der Waals surface area contributed by atoms with Gasteiger partial charge in [-0.15, -0.1) is 11.3 Å². The average Bonchev–Trinajstić information content (AvgIpc) is 2.75. The van der Waals surface area contributed by atoms with Gasteiger partial charge >= 0.3 is 0 Å². The molecule has 1 aromatic heterocycles. The van der Waals surface area contributed by atoms with Gasteiger partial charge in [0.05, 0.1) is 6.07 Å². The number of rotatable bonds is 5. The smallest absolute Gasteiger partial charge is 0.0628 e. The van der Waals surface area contributed by atoms with E-state index in [4.69, 9.17) is 5.26 Å². The van der Waals surface area contributed by atoms with E-state index < -0.39 is 0 Å². The van der Waals surface area contributed by atoms with Gasteiger partial charge in [-0.3, -0.25) is 0 Å². The molecule has 2 aliphatic carbocycles. The van der Waals surface area contributed by atoms with Crippen molar-refractivity contribution in [2.24, 2.45) is 5.41 Å². The zero-order valence-electron chi connectivity index (χ0n) is 10.1. The van der Waals surface area contributed by atoms with E-state index >= 15 is 0 Å². The van der Waals surface area contributed by atoms with Crippen LogP contribution in [0.25, 0.3) is 0 Å². The lowest BCUT2D eigenvalue weighted by atomic mass is 10.0. The molecule has 0 radical (unpaired) electrons. The van der Waals surface area contributed by atoms with E-state index in [1.807, 2.05) is 11.3 Å². The number of hydrogen-bond acceptors (Lipinski definition) is 3. The minimum atomic E-state index is 0.328. The van der Waals surface area contributed by atoms with Crippen LogP contribution in [0.5, 0.6) is 0 Å². The van der Waals surface area contributed by atoms with Crippen molar-refractivity contribution in [1.82, 2.24) is 5.32 Å². The average molecular weight is 246 g/mol. The van der Waals surface area contributed by atoms with E-state index in [0.29, 0.717) is 5.41 Å². The van der Waals surface area contributed by atoms with Crippen LogP contribution in [0.4, 0.5) is 0 Å². The minimum absolute atomic E-state index is 0.328. The van der Waals surface area contributed by atoms with Gasteiger partial charge < -0.3 is 5.32 Å². The van der Waals surface area contributed by atoms with Crippen molar-refractivity contribution in [3.8, 4) is 6.07 Å². The number of nitrogens with zero attached hydrogens (tertiary/aromatic N) is 1. The molecule has 2 nitrogen and oxygen atoms in total. The van der Waals surface area contributed by atoms with Crippen LogP contribution in [0, 0.1) is 16.7 Å². The summed E-state index contributed by atoms with van der Waals surface area (Å²) in [6.07, 6.45) is 7.10. The van der Waals surface area contributed by atoms with E-state index in [9.17, 15) is 0 Å². The Labute approximate surface area is 107 Å². The largest absolute Gasteiger partial charge is 0.311 e. The first-order valence-corrected chi connectivity index (χ1v) is 7.31. The molecule has 0 spiro atoms. The number of fused-ring (bicyclic) bond motifs is 1. The van der Waals surface area contributed by atoms with E-state index in [1.54, 1.807) is 10.4 Å². The Morgan fingerprint density at radius 3 is 3.00 bits per heavy atom. The van der Waals surface area contributed by atoms with Crippen LogP contribution in [0.2, 0.25) is 0 Å². The van der Waals surface area contributed by atoms with Gasteiger partial charge in [0.15, 0.2) is 0 Å². The first-order valence-electron chi connectivity index (χ1n) is 6.49. The molecule has 0 aliphatic heterocycles. The zero-order valence-corrected chi connectivity index (χ0v) is 10.9. The quantitative estimate of drug-likeness (QED) is 0.867. The number of hydrogen-bond donors (Lipinski definition) is 1. The molecule has 3 rings (SSSR count). The minimum Gasteiger partial charge on any atom is -0.311 e. The normalized spacial score (nSPS) is 19.9. The highest BCUT2D eigenvalue weighted by molar-refractivity contribution is 7.12. The molecule has 1 heterocycles. The van der Waals surface area contributed by atoms with Crippen molar-refractivity contribution in [2.75, 3.05) is 6.54 Å². The maximum atomic E-state index is 8.76. The molecular formula is C14H18N2S. The van der Waals surface area contributed by atoms with Crippen molar-refractivity contribution in [3.63, 3.8) is 0 Å². The summed E-state index contributed by atoms with van der Waals surface area (Å²) < 4.78 is 0. The van der Waals surface area contributed by atoms with Crippen LogP contribution in [-0.2, 0) is 19.4 Å². The Kier molecular flexibility index (Phi) is 2.94. The fourth-order valence-electron chi connectivity index (χ4n) is 2.69. The van der Waals surface area contributed by atoms with E-state index in [-0.39, 0.29) is 0 Å². The van der Waals surface area contributed by atoms with Gasteiger partial charge in [0.2, 0.25) is 0 Å². The predicted molar refractivity (Wildman–Crippen MR) is 69.9 cm³/mol. The molecule has 1 N–H and O–H groups in total. The van der Waals surface area contributed by atoms with Crippen molar-refractivity contribution < 1.29 is 0 Å². The molecule has 0 saturated heterocycles. The highest BCUT2D eigenvalue weighted by Gasteiger charge is 2.41. The SMILES string of the molecule is N#CCC1(CNCc2cc3c(s2)CCC3)CC1. The molecule has 17 heavy (non-hydrogen) atoms. The molecule has 0 bridgehead atoms. The van der Waals surface area contributed by atoms with Gasteiger partial charge in [0.25, 0.3) is 0 Å². The molecule has 0 unspecified atom stereocenters. The number of aryl methyl sites for hydroxylation is 2. The molecule has 90 valence electrons. The zero-order chi connectivity index (χ0) is 11.7. The third kappa shape index (κ3) is 2.38. The molecular weight excluding hydrogens is 228 g/mol. The van der Waals surface area contributed by atoms with Gasteiger partial charge in [-0.05, 0) is 49.1 Å². The van der Waals surface area contributed by atoms with Gasteiger partial charge in [0, 0.05) is 29.3 Å². The van der Waals surface area contributed by atoms with Crippen molar-refractivity contribution in [1.29, 1.82) is 5.26 Å². The summed E-state index contributed by atoms with van der Waals surface area (Å²) in [5.41, 5.74) is 1.92. The summed E-state index contributed by atoms with van der Waals surface area (Å²) in [5.74, 6) is 0. The number of nitriles is 1. The van der Waals surface area contributed by atoms with Gasteiger partial charge in [-0.25, -0.2) is 0 Å². The van der Waals surface area contributed by atoms with Crippen LogP contribution >= 0.6 is 11.3 Å². The Hall–Kier alpha value is -0.850. The summed E-state index contributed by atoms with van der Waals surface area (Å²) in [6, 6.07) is 4.69.